The first kappa shape index (κ1) is 9.38. The third-order valence-corrected chi connectivity index (χ3v) is 3.76. The number of nitrogens with one attached hydrogen (secondary N) is 1. The lowest BCUT2D eigenvalue weighted by atomic mass is 9.77. The van der Waals surface area contributed by atoms with E-state index < -0.39 is 6.43 Å². The zero-order chi connectivity index (χ0) is 9.31. The average molecular weight is 189 g/mol. The third kappa shape index (κ3) is 1.85. The monoisotopic (exact) mass is 189 g/mol. The largest absolute Gasteiger partial charge is 0.317 e. The fraction of sp³-hybridized carbons (Fsp3) is 1.00. The molecule has 2 rings (SSSR count). The molecule has 1 heterocycles. The van der Waals surface area contributed by atoms with E-state index in [1.807, 2.05) is 0 Å². The van der Waals surface area contributed by atoms with Crippen molar-refractivity contribution in [3.63, 3.8) is 0 Å². The lowest BCUT2D eigenvalue weighted by Gasteiger charge is -2.34. The molecular formula is C10H17F2N. The van der Waals surface area contributed by atoms with Crippen LogP contribution in [0.25, 0.3) is 0 Å². The molecule has 0 amide bonds. The smallest absolute Gasteiger partial charge is 0.241 e. The molecule has 0 radical (unpaired) electrons. The molecule has 1 spiro atoms. The zero-order valence-electron chi connectivity index (χ0n) is 7.86. The van der Waals surface area contributed by atoms with Gasteiger partial charge in [-0.15, -0.1) is 0 Å². The van der Waals surface area contributed by atoms with E-state index in [4.69, 9.17) is 0 Å². The summed E-state index contributed by atoms with van der Waals surface area (Å²) >= 11 is 0. The highest BCUT2D eigenvalue weighted by Gasteiger charge is 2.42. The first-order valence-electron chi connectivity index (χ1n) is 5.21. The molecule has 2 aliphatic rings. The average Bonchev–Trinajstić information content (AvgIpc) is 2.51. The van der Waals surface area contributed by atoms with E-state index in [0.29, 0.717) is 0 Å². The van der Waals surface area contributed by atoms with E-state index in [1.165, 1.54) is 0 Å². The standard InChI is InChI=1S/C10H17F2N/c11-9(12)8-1-2-10(7-8)3-5-13-6-4-10/h8-9,13H,1-7H2. The van der Waals surface area contributed by atoms with Crippen molar-refractivity contribution in [1.82, 2.24) is 5.32 Å². The molecule has 1 unspecified atom stereocenters. The Morgan fingerprint density at radius 3 is 2.38 bits per heavy atom. The molecule has 76 valence electrons. The first-order chi connectivity index (χ1) is 6.22. The molecule has 1 saturated heterocycles. The summed E-state index contributed by atoms with van der Waals surface area (Å²) in [5, 5.41) is 3.29. The first-order valence-corrected chi connectivity index (χ1v) is 5.21. The lowest BCUT2D eigenvalue weighted by molar-refractivity contribution is 0.0686. The van der Waals surface area contributed by atoms with Crippen LogP contribution >= 0.6 is 0 Å². The van der Waals surface area contributed by atoms with Crippen LogP contribution < -0.4 is 5.32 Å². The van der Waals surface area contributed by atoms with Gasteiger partial charge in [-0.25, -0.2) is 8.78 Å². The highest BCUT2D eigenvalue weighted by molar-refractivity contribution is 4.92. The van der Waals surface area contributed by atoms with E-state index in [-0.39, 0.29) is 11.3 Å². The van der Waals surface area contributed by atoms with Gasteiger partial charge in [-0.2, -0.15) is 0 Å². The maximum atomic E-state index is 12.5. The summed E-state index contributed by atoms with van der Waals surface area (Å²) in [4.78, 5) is 0. The van der Waals surface area contributed by atoms with Crippen LogP contribution in [0.4, 0.5) is 8.78 Å². The van der Waals surface area contributed by atoms with Gasteiger partial charge in [0.25, 0.3) is 0 Å². The fourth-order valence-corrected chi connectivity index (χ4v) is 2.88. The van der Waals surface area contributed by atoms with Crippen molar-refractivity contribution in [1.29, 1.82) is 0 Å². The molecule has 0 aromatic rings. The maximum Gasteiger partial charge on any atom is 0.241 e. The Bertz CT molecular complexity index is 176. The second kappa shape index (κ2) is 3.52. The van der Waals surface area contributed by atoms with Crippen molar-refractivity contribution in [2.24, 2.45) is 11.3 Å². The van der Waals surface area contributed by atoms with E-state index in [2.05, 4.69) is 5.32 Å². The molecule has 0 aromatic carbocycles. The predicted octanol–water partition coefficient (Wildman–Crippen LogP) is 2.42. The molecule has 1 aliphatic heterocycles. The Kier molecular flexibility index (Phi) is 2.54. The van der Waals surface area contributed by atoms with Gasteiger partial charge in [-0.1, -0.05) is 0 Å². The predicted molar refractivity (Wildman–Crippen MR) is 47.9 cm³/mol. The third-order valence-electron chi connectivity index (χ3n) is 3.76. The van der Waals surface area contributed by atoms with Crippen molar-refractivity contribution in [3.05, 3.63) is 0 Å². The Labute approximate surface area is 77.9 Å². The second-order valence-corrected chi connectivity index (χ2v) is 4.59. The van der Waals surface area contributed by atoms with Crippen LogP contribution in [0.2, 0.25) is 0 Å². The number of piperidine rings is 1. The molecule has 0 aromatic heterocycles. The van der Waals surface area contributed by atoms with Crippen LogP contribution in [-0.2, 0) is 0 Å². The van der Waals surface area contributed by atoms with Gasteiger partial charge in [0, 0.05) is 5.92 Å². The maximum absolute atomic E-state index is 12.5. The van der Waals surface area contributed by atoms with Crippen LogP contribution in [0.15, 0.2) is 0 Å². The van der Waals surface area contributed by atoms with Gasteiger partial charge in [0.2, 0.25) is 6.43 Å². The van der Waals surface area contributed by atoms with E-state index in [0.717, 1.165) is 45.2 Å². The number of alkyl halides is 2. The van der Waals surface area contributed by atoms with Crippen LogP contribution in [0.3, 0.4) is 0 Å². The zero-order valence-corrected chi connectivity index (χ0v) is 7.86. The van der Waals surface area contributed by atoms with Crippen molar-refractivity contribution in [2.75, 3.05) is 13.1 Å². The summed E-state index contributed by atoms with van der Waals surface area (Å²) in [5.41, 5.74) is 0.284. The molecule has 0 bridgehead atoms. The number of halogens is 2. The topological polar surface area (TPSA) is 12.0 Å². The van der Waals surface area contributed by atoms with Gasteiger partial charge >= 0.3 is 0 Å². The fourth-order valence-electron chi connectivity index (χ4n) is 2.88. The van der Waals surface area contributed by atoms with E-state index in [1.54, 1.807) is 0 Å². The van der Waals surface area contributed by atoms with Crippen molar-refractivity contribution >= 4 is 0 Å². The Balaban J connectivity index is 1.94. The summed E-state index contributed by atoms with van der Waals surface area (Å²) in [6.45, 7) is 2.05. The lowest BCUT2D eigenvalue weighted by Crippen LogP contribution is -2.35. The minimum Gasteiger partial charge on any atom is -0.317 e. The highest BCUT2D eigenvalue weighted by Crippen LogP contribution is 2.49. The summed E-state index contributed by atoms with van der Waals surface area (Å²) in [6.07, 6.45) is 2.68. The number of hydrogen-bond acceptors (Lipinski definition) is 1. The summed E-state index contributed by atoms with van der Waals surface area (Å²) in [5.74, 6) is -0.307. The molecule has 1 aliphatic carbocycles. The molecule has 13 heavy (non-hydrogen) atoms. The van der Waals surface area contributed by atoms with E-state index >= 15 is 0 Å². The number of rotatable bonds is 1. The molecule has 1 atom stereocenters. The van der Waals surface area contributed by atoms with Crippen LogP contribution in [0.1, 0.15) is 32.1 Å². The summed E-state index contributed by atoms with van der Waals surface area (Å²) in [6, 6.07) is 0. The number of hydrogen-bond donors (Lipinski definition) is 1. The summed E-state index contributed by atoms with van der Waals surface area (Å²) in [7, 11) is 0. The van der Waals surface area contributed by atoms with Gasteiger partial charge in [0.1, 0.15) is 0 Å². The summed E-state index contributed by atoms with van der Waals surface area (Å²) < 4.78 is 24.9. The molecule has 1 nitrogen and oxygen atoms in total. The Morgan fingerprint density at radius 1 is 1.15 bits per heavy atom. The Morgan fingerprint density at radius 2 is 1.85 bits per heavy atom. The molecule has 3 heteroatoms. The molecular weight excluding hydrogens is 172 g/mol. The molecule has 1 saturated carbocycles. The van der Waals surface area contributed by atoms with Crippen molar-refractivity contribution in [2.45, 2.75) is 38.5 Å². The second-order valence-electron chi connectivity index (χ2n) is 4.59. The SMILES string of the molecule is FC(F)C1CCC2(CCNCC2)C1. The van der Waals surface area contributed by atoms with Crippen LogP contribution in [0.5, 0.6) is 0 Å². The van der Waals surface area contributed by atoms with Crippen LogP contribution in [0, 0.1) is 11.3 Å². The van der Waals surface area contributed by atoms with Crippen LogP contribution in [-0.4, -0.2) is 19.5 Å². The normalized spacial score (nSPS) is 33.0. The van der Waals surface area contributed by atoms with Gasteiger partial charge in [-0.05, 0) is 50.6 Å². The minimum atomic E-state index is -2.09. The van der Waals surface area contributed by atoms with Gasteiger partial charge in [-0.3, -0.25) is 0 Å². The minimum absolute atomic E-state index is 0.284. The highest BCUT2D eigenvalue weighted by atomic mass is 19.3. The van der Waals surface area contributed by atoms with Gasteiger partial charge < -0.3 is 5.32 Å². The van der Waals surface area contributed by atoms with Crippen molar-refractivity contribution in [3.8, 4) is 0 Å². The Hall–Kier alpha value is -0.180. The molecule has 2 fully saturated rings. The van der Waals surface area contributed by atoms with E-state index in [9.17, 15) is 8.78 Å². The van der Waals surface area contributed by atoms with Gasteiger partial charge in [0.15, 0.2) is 0 Å². The van der Waals surface area contributed by atoms with Crippen molar-refractivity contribution < 1.29 is 8.78 Å². The molecule has 1 N–H and O–H groups in total. The van der Waals surface area contributed by atoms with Gasteiger partial charge in [0.05, 0.1) is 0 Å². The quantitative estimate of drug-likeness (QED) is 0.668.